The maximum Gasteiger partial charge on any atom is 0.327 e. The van der Waals surface area contributed by atoms with Gasteiger partial charge in [0.1, 0.15) is 15.4 Å². The van der Waals surface area contributed by atoms with E-state index in [0.29, 0.717) is 0 Å². The van der Waals surface area contributed by atoms with E-state index in [2.05, 4.69) is 0 Å². The van der Waals surface area contributed by atoms with Crippen LogP contribution in [0.1, 0.15) is 33.6 Å². The summed E-state index contributed by atoms with van der Waals surface area (Å²) in [5, 5.41) is 9.13. The largest absolute Gasteiger partial charge is 0.459 e. The van der Waals surface area contributed by atoms with E-state index in [1.165, 1.54) is 0 Å². The molecule has 5 nitrogen and oxygen atoms in total. The summed E-state index contributed by atoms with van der Waals surface area (Å²) < 4.78 is 27.8. The summed E-state index contributed by atoms with van der Waals surface area (Å²) in [5.41, 5.74) is -1.96. The van der Waals surface area contributed by atoms with Crippen LogP contribution >= 0.6 is 0 Å². The number of carbonyl (C=O) groups is 1. The second-order valence-corrected chi connectivity index (χ2v) is 7.65. The number of sulfone groups is 1. The third-order valence-corrected chi connectivity index (χ3v) is 4.34. The monoisotopic (exact) mass is 259 g/mol. The standard InChI is InChI=1S/C11H17NO4S/c1-10(2,3)16-9(13)11(8-12)4-6-17(14,15)7-5-11/h4-7H2,1-3H3. The molecule has 0 N–H and O–H groups in total. The van der Waals surface area contributed by atoms with Crippen LogP contribution in [0.3, 0.4) is 0 Å². The van der Waals surface area contributed by atoms with Crippen LogP contribution in [-0.2, 0) is 19.4 Å². The molecule has 6 heteroatoms. The fourth-order valence-electron chi connectivity index (χ4n) is 1.62. The van der Waals surface area contributed by atoms with Gasteiger partial charge in [-0.15, -0.1) is 0 Å². The molecule has 0 aromatic rings. The fraction of sp³-hybridized carbons (Fsp3) is 0.818. The molecular formula is C11H17NO4S. The first kappa shape index (κ1) is 14.0. The summed E-state index contributed by atoms with van der Waals surface area (Å²) in [6.45, 7) is 5.15. The second-order valence-electron chi connectivity index (χ2n) is 5.35. The first-order valence-electron chi connectivity index (χ1n) is 5.45. The van der Waals surface area contributed by atoms with Crippen molar-refractivity contribution >= 4 is 15.8 Å². The Labute approximate surface area is 102 Å². The molecule has 0 aliphatic carbocycles. The molecule has 1 rings (SSSR count). The zero-order valence-electron chi connectivity index (χ0n) is 10.3. The Morgan fingerprint density at radius 1 is 1.29 bits per heavy atom. The molecule has 17 heavy (non-hydrogen) atoms. The van der Waals surface area contributed by atoms with E-state index in [-0.39, 0.29) is 24.3 Å². The minimum Gasteiger partial charge on any atom is -0.459 e. The van der Waals surface area contributed by atoms with Crippen molar-refractivity contribution in [3.63, 3.8) is 0 Å². The Hall–Kier alpha value is -1.09. The number of ether oxygens (including phenoxy) is 1. The molecule has 0 unspecified atom stereocenters. The zero-order chi connectivity index (χ0) is 13.3. The van der Waals surface area contributed by atoms with Gasteiger partial charge in [-0.3, -0.25) is 4.79 Å². The molecule has 0 aromatic heterocycles. The van der Waals surface area contributed by atoms with E-state index in [0.717, 1.165) is 0 Å². The number of esters is 1. The van der Waals surface area contributed by atoms with E-state index in [9.17, 15) is 13.2 Å². The van der Waals surface area contributed by atoms with Gasteiger partial charge in [0.05, 0.1) is 17.6 Å². The summed E-state index contributed by atoms with van der Waals surface area (Å²) in [4.78, 5) is 11.9. The predicted octanol–water partition coefficient (Wildman–Crippen LogP) is 1.05. The Bertz CT molecular complexity index is 439. The van der Waals surface area contributed by atoms with E-state index < -0.39 is 26.8 Å². The van der Waals surface area contributed by atoms with Gasteiger partial charge >= 0.3 is 5.97 Å². The lowest BCUT2D eigenvalue weighted by Gasteiger charge is -2.31. The summed E-state index contributed by atoms with van der Waals surface area (Å²) in [6, 6.07) is 1.94. The van der Waals surface area contributed by atoms with E-state index in [1.54, 1.807) is 20.8 Å². The summed E-state index contributed by atoms with van der Waals surface area (Å²) in [6.07, 6.45) is 0.0570. The molecule has 1 aliphatic heterocycles. The van der Waals surface area contributed by atoms with Crippen molar-refractivity contribution in [2.45, 2.75) is 39.2 Å². The maximum absolute atomic E-state index is 11.9. The van der Waals surface area contributed by atoms with Gasteiger partial charge in [-0.2, -0.15) is 5.26 Å². The quantitative estimate of drug-likeness (QED) is 0.657. The van der Waals surface area contributed by atoms with Gasteiger partial charge in [-0.25, -0.2) is 8.42 Å². The average Bonchev–Trinajstić information content (AvgIpc) is 2.16. The number of nitriles is 1. The van der Waals surface area contributed by atoms with Crippen LogP contribution in [0.5, 0.6) is 0 Å². The van der Waals surface area contributed by atoms with Gasteiger partial charge in [-0.05, 0) is 33.6 Å². The lowest BCUT2D eigenvalue weighted by molar-refractivity contribution is -0.164. The number of carbonyl (C=O) groups excluding carboxylic acids is 1. The number of hydrogen-bond acceptors (Lipinski definition) is 5. The average molecular weight is 259 g/mol. The van der Waals surface area contributed by atoms with Gasteiger partial charge in [0.25, 0.3) is 0 Å². The van der Waals surface area contributed by atoms with Gasteiger partial charge in [-0.1, -0.05) is 0 Å². The Morgan fingerprint density at radius 2 is 1.76 bits per heavy atom. The minimum atomic E-state index is -3.10. The Morgan fingerprint density at radius 3 is 2.12 bits per heavy atom. The highest BCUT2D eigenvalue weighted by Gasteiger charge is 2.46. The van der Waals surface area contributed by atoms with Crippen molar-refractivity contribution in [1.82, 2.24) is 0 Å². The maximum atomic E-state index is 11.9. The molecule has 1 fully saturated rings. The fourth-order valence-corrected chi connectivity index (χ4v) is 3.15. The highest BCUT2D eigenvalue weighted by molar-refractivity contribution is 7.91. The van der Waals surface area contributed by atoms with Crippen LogP contribution in [-0.4, -0.2) is 31.5 Å². The Balaban J connectivity index is 2.86. The van der Waals surface area contributed by atoms with Crippen molar-refractivity contribution in [1.29, 1.82) is 5.26 Å². The zero-order valence-corrected chi connectivity index (χ0v) is 11.1. The molecule has 0 aromatic carbocycles. The lowest BCUT2D eigenvalue weighted by atomic mass is 9.83. The molecular weight excluding hydrogens is 242 g/mol. The normalized spacial score (nSPS) is 22.5. The van der Waals surface area contributed by atoms with Crippen molar-refractivity contribution in [2.24, 2.45) is 5.41 Å². The van der Waals surface area contributed by atoms with Crippen LogP contribution in [0, 0.1) is 16.7 Å². The topological polar surface area (TPSA) is 84.2 Å². The first-order chi connectivity index (χ1) is 7.60. The van der Waals surface area contributed by atoms with Gasteiger partial charge in [0.15, 0.2) is 5.41 Å². The van der Waals surface area contributed by atoms with Crippen molar-refractivity contribution < 1.29 is 17.9 Å². The number of nitrogens with zero attached hydrogens (tertiary/aromatic N) is 1. The van der Waals surface area contributed by atoms with Crippen LogP contribution in [0.25, 0.3) is 0 Å². The van der Waals surface area contributed by atoms with Gasteiger partial charge < -0.3 is 4.74 Å². The third kappa shape index (κ3) is 3.43. The van der Waals surface area contributed by atoms with Gasteiger partial charge in [0.2, 0.25) is 0 Å². The smallest absolute Gasteiger partial charge is 0.327 e. The minimum absolute atomic E-state index is 0.0285. The molecule has 1 saturated heterocycles. The molecule has 0 bridgehead atoms. The van der Waals surface area contributed by atoms with Crippen molar-refractivity contribution in [3.8, 4) is 6.07 Å². The van der Waals surface area contributed by atoms with Crippen LogP contribution in [0.15, 0.2) is 0 Å². The summed E-state index contributed by atoms with van der Waals surface area (Å²) in [7, 11) is -3.10. The number of hydrogen-bond donors (Lipinski definition) is 0. The van der Waals surface area contributed by atoms with Crippen LogP contribution in [0.4, 0.5) is 0 Å². The van der Waals surface area contributed by atoms with Crippen molar-refractivity contribution in [2.75, 3.05) is 11.5 Å². The van der Waals surface area contributed by atoms with Crippen LogP contribution in [0.2, 0.25) is 0 Å². The molecule has 0 saturated carbocycles. The summed E-state index contributed by atoms with van der Waals surface area (Å²) >= 11 is 0. The lowest BCUT2D eigenvalue weighted by Crippen LogP contribution is -2.42. The van der Waals surface area contributed by atoms with Crippen molar-refractivity contribution in [3.05, 3.63) is 0 Å². The molecule has 0 spiro atoms. The van der Waals surface area contributed by atoms with Gasteiger partial charge in [0, 0.05) is 0 Å². The first-order valence-corrected chi connectivity index (χ1v) is 7.28. The predicted molar refractivity (Wildman–Crippen MR) is 61.8 cm³/mol. The second kappa shape index (κ2) is 4.30. The molecule has 0 radical (unpaired) electrons. The molecule has 1 aliphatic rings. The highest BCUT2D eigenvalue weighted by Crippen LogP contribution is 2.34. The molecule has 1 heterocycles. The Kier molecular flexibility index (Phi) is 3.53. The third-order valence-electron chi connectivity index (χ3n) is 2.68. The van der Waals surface area contributed by atoms with E-state index >= 15 is 0 Å². The molecule has 0 amide bonds. The van der Waals surface area contributed by atoms with E-state index in [1.807, 2.05) is 6.07 Å². The molecule has 0 atom stereocenters. The summed E-state index contributed by atoms with van der Waals surface area (Å²) in [5.74, 6) is -0.859. The molecule has 96 valence electrons. The number of rotatable bonds is 1. The van der Waals surface area contributed by atoms with Crippen LogP contribution < -0.4 is 0 Å². The SMILES string of the molecule is CC(C)(C)OC(=O)C1(C#N)CCS(=O)(=O)CC1. The highest BCUT2D eigenvalue weighted by atomic mass is 32.2. The van der Waals surface area contributed by atoms with E-state index in [4.69, 9.17) is 10.00 Å².